The Morgan fingerprint density at radius 3 is 2.54 bits per heavy atom. The molecule has 5 rings (SSSR count). The predicted octanol–water partition coefficient (Wildman–Crippen LogP) is 3.81. The second kappa shape index (κ2) is 6.39. The fraction of sp³-hybridized carbons (Fsp3) is 0.579. The average Bonchev–Trinajstić information content (AvgIpc) is 2.54. The van der Waals surface area contributed by atoms with Gasteiger partial charge in [-0.2, -0.15) is 0 Å². The summed E-state index contributed by atoms with van der Waals surface area (Å²) in [4.78, 5) is 24.9. The molecule has 1 aromatic rings. The number of carbonyl (C=O) groups excluding carboxylic acids is 2. The van der Waals surface area contributed by atoms with Crippen molar-refractivity contribution in [2.24, 2.45) is 17.3 Å². The number of nitrogens with one attached hydrogen (secondary N) is 1. The van der Waals surface area contributed by atoms with Crippen molar-refractivity contribution in [2.75, 3.05) is 11.9 Å². The minimum Gasteiger partial charge on any atom is -0.455 e. The normalized spacial score (nSPS) is 34.6. The number of carbonyl (C=O) groups is 2. The summed E-state index contributed by atoms with van der Waals surface area (Å²) in [6.07, 6.45) is 4.62. The van der Waals surface area contributed by atoms with Gasteiger partial charge in [-0.25, -0.2) is 0 Å². The lowest BCUT2D eigenvalue weighted by atomic mass is 9.48. The van der Waals surface area contributed by atoms with E-state index in [9.17, 15) is 14.7 Å². The van der Waals surface area contributed by atoms with Crippen LogP contribution in [0.3, 0.4) is 0 Å². The van der Waals surface area contributed by atoms with E-state index in [2.05, 4.69) is 5.32 Å². The minimum atomic E-state index is -0.736. The summed E-state index contributed by atoms with van der Waals surface area (Å²) < 4.78 is 5.34. The molecule has 7 heteroatoms. The van der Waals surface area contributed by atoms with Gasteiger partial charge in [-0.3, -0.25) is 9.59 Å². The molecule has 2 N–H and O–H groups in total. The predicted molar refractivity (Wildman–Crippen MR) is 98.1 cm³/mol. The van der Waals surface area contributed by atoms with E-state index in [-0.39, 0.29) is 17.6 Å². The number of rotatable bonds is 4. The maximum absolute atomic E-state index is 12.8. The summed E-state index contributed by atoms with van der Waals surface area (Å²) in [7, 11) is 0. The minimum absolute atomic E-state index is 0.247. The van der Waals surface area contributed by atoms with Gasteiger partial charge in [0.25, 0.3) is 5.91 Å². The van der Waals surface area contributed by atoms with Crippen molar-refractivity contribution in [3.8, 4) is 0 Å². The summed E-state index contributed by atoms with van der Waals surface area (Å²) in [6.45, 7) is -0.378. The molecule has 4 fully saturated rings. The molecule has 0 aliphatic heterocycles. The largest absolute Gasteiger partial charge is 0.455 e. The van der Waals surface area contributed by atoms with Crippen molar-refractivity contribution in [2.45, 2.75) is 44.1 Å². The Balaban J connectivity index is 1.38. The number of ether oxygens (including phenoxy) is 1. The van der Waals surface area contributed by atoms with E-state index in [1.807, 2.05) is 0 Å². The molecule has 4 saturated carbocycles. The monoisotopic (exact) mass is 397 g/mol. The zero-order chi connectivity index (χ0) is 18.5. The van der Waals surface area contributed by atoms with Gasteiger partial charge in [0.1, 0.15) is 0 Å². The highest BCUT2D eigenvalue weighted by molar-refractivity contribution is 6.44. The standard InChI is InChI=1S/C19H21Cl2NO4/c20-13-2-1-3-14(16(13)21)22-15(23)9-26-17(24)18-5-11-4-12(6-18)8-19(25,7-11)10-18/h1-3,11-12,25H,4-10H2,(H,22,23)/t11-,12+,18?,19?. The number of benzene rings is 1. The summed E-state index contributed by atoms with van der Waals surface area (Å²) in [5, 5.41) is 13.9. The van der Waals surface area contributed by atoms with Crippen LogP contribution in [0.5, 0.6) is 0 Å². The molecule has 4 atom stereocenters. The molecule has 0 aromatic heterocycles. The Labute approximate surface area is 162 Å². The number of esters is 1. The Hall–Kier alpha value is -1.30. The maximum Gasteiger partial charge on any atom is 0.312 e. The molecule has 0 radical (unpaired) electrons. The van der Waals surface area contributed by atoms with Crippen LogP contribution in [-0.2, 0) is 14.3 Å². The van der Waals surface area contributed by atoms with Gasteiger partial charge in [0.05, 0.1) is 26.7 Å². The van der Waals surface area contributed by atoms with Gasteiger partial charge in [-0.1, -0.05) is 29.3 Å². The second-order valence-electron chi connectivity index (χ2n) is 8.19. The fourth-order valence-corrected chi connectivity index (χ4v) is 5.87. The number of aliphatic hydroxyl groups is 1. The van der Waals surface area contributed by atoms with Gasteiger partial charge in [-0.05, 0) is 62.5 Å². The third-order valence-corrected chi connectivity index (χ3v) is 6.84. The van der Waals surface area contributed by atoms with Crippen molar-refractivity contribution in [1.29, 1.82) is 0 Å². The van der Waals surface area contributed by atoms with Crippen LogP contribution in [0.1, 0.15) is 38.5 Å². The topological polar surface area (TPSA) is 75.6 Å². The Bertz CT molecular complexity index is 752. The first-order valence-electron chi connectivity index (χ1n) is 8.92. The lowest BCUT2D eigenvalue weighted by Gasteiger charge is -2.58. The maximum atomic E-state index is 12.8. The van der Waals surface area contributed by atoms with Crippen molar-refractivity contribution in [3.05, 3.63) is 28.2 Å². The molecular formula is C19H21Cl2NO4. The third-order valence-electron chi connectivity index (χ3n) is 6.02. The molecule has 2 unspecified atom stereocenters. The molecule has 0 spiro atoms. The van der Waals surface area contributed by atoms with Gasteiger partial charge in [-0.15, -0.1) is 0 Å². The van der Waals surface area contributed by atoms with Crippen LogP contribution >= 0.6 is 23.2 Å². The zero-order valence-corrected chi connectivity index (χ0v) is 15.8. The number of amides is 1. The lowest BCUT2D eigenvalue weighted by Crippen LogP contribution is -2.58. The van der Waals surface area contributed by atoms with Gasteiger partial charge < -0.3 is 15.2 Å². The molecule has 5 nitrogen and oxygen atoms in total. The SMILES string of the molecule is O=C(COC(=O)C12C[C@@H]3C[C@@H](CC(O)(C3)C1)C2)Nc1cccc(Cl)c1Cl. The molecule has 4 aliphatic carbocycles. The molecule has 1 amide bonds. The van der Waals surface area contributed by atoms with Crippen LogP contribution in [0, 0.1) is 17.3 Å². The van der Waals surface area contributed by atoms with Crippen molar-refractivity contribution in [3.63, 3.8) is 0 Å². The Kier molecular flexibility index (Phi) is 4.45. The molecule has 4 aliphatic rings. The van der Waals surface area contributed by atoms with E-state index in [0.29, 0.717) is 29.0 Å². The first kappa shape index (κ1) is 18.1. The lowest BCUT2D eigenvalue weighted by molar-refractivity contribution is -0.196. The summed E-state index contributed by atoms with van der Waals surface area (Å²) in [6, 6.07) is 4.92. The number of hydrogen-bond donors (Lipinski definition) is 2. The van der Waals surface area contributed by atoms with E-state index in [1.165, 1.54) is 0 Å². The van der Waals surface area contributed by atoms with Crippen LogP contribution in [0.4, 0.5) is 5.69 Å². The number of anilines is 1. The molecule has 26 heavy (non-hydrogen) atoms. The molecule has 0 heterocycles. The fourth-order valence-electron chi connectivity index (χ4n) is 5.52. The number of halogens is 2. The van der Waals surface area contributed by atoms with Crippen LogP contribution in [0.15, 0.2) is 18.2 Å². The van der Waals surface area contributed by atoms with E-state index < -0.39 is 16.9 Å². The third kappa shape index (κ3) is 3.21. The average molecular weight is 398 g/mol. The first-order valence-corrected chi connectivity index (χ1v) is 9.68. The molecule has 0 saturated heterocycles. The molecule has 4 bridgehead atoms. The van der Waals surface area contributed by atoms with Gasteiger partial charge >= 0.3 is 5.97 Å². The summed E-state index contributed by atoms with van der Waals surface area (Å²) >= 11 is 12.0. The van der Waals surface area contributed by atoms with E-state index in [1.54, 1.807) is 18.2 Å². The molecule has 140 valence electrons. The van der Waals surface area contributed by atoms with Crippen molar-refractivity contribution in [1.82, 2.24) is 0 Å². The van der Waals surface area contributed by atoms with Gasteiger partial charge in [0.2, 0.25) is 0 Å². The first-order chi connectivity index (χ1) is 12.3. The smallest absolute Gasteiger partial charge is 0.312 e. The van der Waals surface area contributed by atoms with Gasteiger partial charge in [0, 0.05) is 0 Å². The van der Waals surface area contributed by atoms with Crippen molar-refractivity contribution >= 4 is 40.8 Å². The van der Waals surface area contributed by atoms with Crippen LogP contribution in [0.25, 0.3) is 0 Å². The summed E-state index contributed by atoms with van der Waals surface area (Å²) in [5.74, 6) is -0.0656. The highest BCUT2D eigenvalue weighted by atomic mass is 35.5. The highest BCUT2D eigenvalue weighted by Crippen LogP contribution is 2.61. The number of hydrogen-bond acceptors (Lipinski definition) is 4. The van der Waals surface area contributed by atoms with Crippen molar-refractivity contribution < 1.29 is 19.4 Å². The quantitative estimate of drug-likeness (QED) is 0.757. The van der Waals surface area contributed by atoms with E-state index in [4.69, 9.17) is 27.9 Å². The van der Waals surface area contributed by atoms with Crippen LogP contribution in [-0.4, -0.2) is 29.2 Å². The van der Waals surface area contributed by atoms with Crippen LogP contribution < -0.4 is 5.32 Å². The Morgan fingerprint density at radius 1 is 1.19 bits per heavy atom. The molecule has 1 aromatic carbocycles. The van der Waals surface area contributed by atoms with Crippen LogP contribution in [0.2, 0.25) is 10.0 Å². The molecular weight excluding hydrogens is 377 g/mol. The Morgan fingerprint density at radius 2 is 1.88 bits per heavy atom. The zero-order valence-electron chi connectivity index (χ0n) is 14.3. The van der Waals surface area contributed by atoms with E-state index >= 15 is 0 Å². The highest BCUT2D eigenvalue weighted by Gasteiger charge is 2.60. The van der Waals surface area contributed by atoms with Gasteiger partial charge in [0.15, 0.2) is 6.61 Å². The van der Waals surface area contributed by atoms with E-state index in [0.717, 1.165) is 32.1 Å². The summed E-state index contributed by atoms with van der Waals surface area (Å²) in [5.41, 5.74) is -0.990. The second-order valence-corrected chi connectivity index (χ2v) is 8.98.